The number of nitrogens with two attached hydrogens (primary N) is 1. The van der Waals surface area contributed by atoms with Crippen molar-refractivity contribution in [2.75, 3.05) is 23.7 Å². The van der Waals surface area contributed by atoms with E-state index in [9.17, 15) is 0 Å². The van der Waals surface area contributed by atoms with Gasteiger partial charge >= 0.3 is 0 Å². The van der Waals surface area contributed by atoms with Crippen LogP contribution in [0.5, 0.6) is 0 Å². The predicted molar refractivity (Wildman–Crippen MR) is 71.1 cm³/mol. The van der Waals surface area contributed by atoms with Crippen molar-refractivity contribution in [1.82, 2.24) is 9.97 Å². The molecule has 17 heavy (non-hydrogen) atoms. The molecule has 1 fully saturated rings. The van der Waals surface area contributed by atoms with Gasteiger partial charge in [0.05, 0.1) is 0 Å². The SMILES string of the molecule is CC1CCCN(c2cc(N)nc(C(C)C)n2)C1. The standard InChI is InChI=1S/C13H22N4/c1-9(2)13-15-11(14)7-12(16-13)17-6-4-5-10(3)8-17/h7,9-10H,4-6,8H2,1-3H3,(H2,14,15,16). The second-order valence-corrected chi connectivity index (χ2v) is 5.36. The highest BCUT2D eigenvalue weighted by atomic mass is 15.2. The minimum atomic E-state index is 0.319. The summed E-state index contributed by atoms with van der Waals surface area (Å²) in [7, 11) is 0. The summed E-state index contributed by atoms with van der Waals surface area (Å²) < 4.78 is 0. The molecule has 1 aromatic heterocycles. The van der Waals surface area contributed by atoms with E-state index in [1.165, 1.54) is 12.8 Å². The average molecular weight is 234 g/mol. The lowest BCUT2D eigenvalue weighted by Crippen LogP contribution is -2.35. The van der Waals surface area contributed by atoms with Crippen molar-refractivity contribution in [2.45, 2.75) is 39.5 Å². The number of anilines is 2. The first-order chi connectivity index (χ1) is 8.06. The van der Waals surface area contributed by atoms with E-state index in [-0.39, 0.29) is 0 Å². The minimum Gasteiger partial charge on any atom is -0.384 e. The molecule has 0 spiro atoms. The monoisotopic (exact) mass is 234 g/mol. The molecule has 1 aliphatic heterocycles. The number of nitrogens with zero attached hydrogens (tertiary/aromatic N) is 3. The summed E-state index contributed by atoms with van der Waals surface area (Å²) in [6.45, 7) is 8.64. The number of hydrogen-bond donors (Lipinski definition) is 1. The van der Waals surface area contributed by atoms with Gasteiger partial charge in [0, 0.05) is 25.1 Å². The second-order valence-electron chi connectivity index (χ2n) is 5.36. The Morgan fingerprint density at radius 3 is 2.82 bits per heavy atom. The molecule has 4 heteroatoms. The Hall–Kier alpha value is -1.32. The molecule has 2 rings (SSSR count). The first-order valence-corrected chi connectivity index (χ1v) is 6.45. The third kappa shape index (κ3) is 2.87. The highest BCUT2D eigenvalue weighted by Gasteiger charge is 2.19. The maximum absolute atomic E-state index is 5.86. The molecule has 1 saturated heterocycles. The second kappa shape index (κ2) is 4.90. The van der Waals surface area contributed by atoms with E-state index in [4.69, 9.17) is 5.73 Å². The van der Waals surface area contributed by atoms with Crippen LogP contribution in [0, 0.1) is 5.92 Å². The third-order valence-electron chi connectivity index (χ3n) is 3.25. The normalized spacial score (nSPS) is 20.9. The summed E-state index contributed by atoms with van der Waals surface area (Å²) in [6, 6.07) is 1.89. The van der Waals surface area contributed by atoms with Crippen LogP contribution in [0.2, 0.25) is 0 Å². The summed E-state index contributed by atoms with van der Waals surface area (Å²) in [6.07, 6.45) is 2.55. The summed E-state index contributed by atoms with van der Waals surface area (Å²) in [4.78, 5) is 11.2. The van der Waals surface area contributed by atoms with E-state index >= 15 is 0 Å². The molecule has 0 bridgehead atoms. The summed E-state index contributed by atoms with van der Waals surface area (Å²) >= 11 is 0. The van der Waals surface area contributed by atoms with Crippen LogP contribution in [0.3, 0.4) is 0 Å². The highest BCUT2D eigenvalue weighted by Crippen LogP contribution is 2.23. The van der Waals surface area contributed by atoms with Gasteiger partial charge in [-0.25, -0.2) is 9.97 Å². The molecule has 4 nitrogen and oxygen atoms in total. The van der Waals surface area contributed by atoms with Gasteiger partial charge in [-0.3, -0.25) is 0 Å². The van der Waals surface area contributed by atoms with Crippen LogP contribution in [0.25, 0.3) is 0 Å². The smallest absolute Gasteiger partial charge is 0.135 e. The average Bonchev–Trinajstić information content (AvgIpc) is 2.28. The lowest BCUT2D eigenvalue weighted by molar-refractivity contribution is 0.444. The molecular weight excluding hydrogens is 212 g/mol. The number of aromatic nitrogens is 2. The van der Waals surface area contributed by atoms with Gasteiger partial charge in [0.25, 0.3) is 0 Å². The zero-order chi connectivity index (χ0) is 12.4. The number of hydrogen-bond acceptors (Lipinski definition) is 4. The largest absolute Gasteiger partial charge is 0.384 e. The zero-order valence-corrected chi connectivity index (χ0v) is 11.0. The van der Waals surface area contributed by atoms with Crippen LogP contribution in [0.4, 0.5) is 11.6 Å². The van der Waals surface area contributed by atoms with Crippen molar-refractivity contribution in [1.29, 1.82) is 0 Å². The molecule has 2 N–H and O–H groups in total. The molecule has 94 valence electrons. The molecule has 1 aromatic rings. The highest BCUT2D eigenvalue weighted by molar-refractivity contribution is 5.47. The maximum Gasteiger partial charge on any atom is 0.135 e. The molecule has 0 saturated carbocycles. The first-order valence-electron chi connectivity index (χ1n) is 6.45. The van der Waals surface area contributed by atoms with Gasteiger partial charge in [-0.15, -0.1) is 0 Å². The lowest BCUT2D eigenvalue weighted by Gasteiger charge is -2.32. The summed E-state index contributed by atoms with van der Waals surface area (Å²) in [5.41, 5.74) is 5.86. The van der Waals surface area contributed by atoms with Crippen molar-refractivity contribution < 1.29 is 0 Å². The van der Waals surface area contributed by atoms with Gasteiger partial charge < -0.3 is 10.6 Å². The maximum atomic E-state index is 5.86. The van der Waals surface area contributed by atoms with Gasteiger partial charge in [-0.1, -0.05) is 20.8 Å². The van der Waals surface area contributed by atoms with E-state index in [0.717, 1.165) is 30.6 Å². The third-order valence-corrected chi connectivity index (χ3v) is 3.25. The fourth-order valence-electron chi connectivity index (χ4n) is 2.29. The number of rotatable bonds is 2. The molecule has 0 aromatic carbocycles. The predicted octanol–water partition coefficient (Wildman–Crippen LogP) is 2.42. The fourth-order valence-corrected chi connectivity index (χ4v) is 2.29. The Bertz CT molecular complexity index is 389. The summed E-state index contributed by atoms with van der Waals surface area (Å²) in [5, 5.41) is 0. The Morgan fingerprint density at radius 2 is 2.18 bits per heavy atom. The molecule has 0 aliphatic carbocycles. The molecule has 1 atom stereocenters. The Morgan fingerprint density at radius 1 is 1.41 bits per heavy atom. The van der Waals surface area contributed by atoms with Crippen molar-refractivity contribution in [2.24, 2.45) is 5.92 Å². The van der Waals surface area contributed by atoms with Gasteiger partial charge in [0.1, 0.15) is 17.5 Å². The Balaban J connectivity index is 2.25. The topological polar surface area (TPSA) is 55.0 Å². The molecule has 1 aliphatic rings. The van der Waals surface area contributed by atoms with Crippen LogP contribution >= 0.6 is 0 Å². The van der Waals surface area contributed by atoms with E-state index in [1.54, 1.807) is 0 Å². The minimum absolute atomic E-state index is 0.319. The van der Waals surface area contributed by atoms with Crippen LogP contribution < -0.4 is 10.6 Å². The number of nitrogen functional groups attached to an aromatic ring is 1. The quantitative estimate of drug-likeness (QED) is 0.853. The molecule has 0 amide bonds. The van der Waals surface area contributed by atoms with E-state index < -0.39 is 0 Å². The molecule has 0 radical (unpaired) electrons. The fraction of sp³-hybridized carbons (Fsp3) is 0.692. The van der Waals surface area contributed by atoms with E-state index in [2.05, 4.69) is 35.6 Å². The lowest BCUT2D eigenvalue weighted by atomic mass is 10.0. The Labute approximate surface area is 103 Å². The number of piperidine rings is 1. The van der Waals surface area contributed by atoms with Crippen LogP contribution in [-0.4, -0.2) is 23.1 Å². The Kier molecular flexibility index (Phi) is 3.50. The van der Waals surface area contributed by atoms with E-state index in [0.29, 0.717) is 11.7 Å². The van der Waals surface area contributed by atoms with Gasteiger partial charge in [-0.2, -0.15) is 0 Å². The zero-order valence-electron chi connectivity index (χ0n) is 11.0. The van der Waals surface area contributed by atoms with Crippen molar-refractivity contribution >= 4 is 11.6 Å². The molecule has 2 heterocycles. The molecule has 1 unspecified atom stereocenters. The first kappa shape index (κ1) is 12.1. The van der Waals surface area contributed by atoms with Crippen LogP contribution in [-0.2, 0) is 0 Å². The van der Waals surface area contributed by atoms with Gasteiger partial charge in [0.15, 0.2) is 0 Å². The van der Waals surface area contributed by atoms with Gasteiger partial charge in [0.2, 0.25) is 0 Å². The summed E-state index contributed by atoms with van der Waals surface area (Å²) in [5.74, 6) is 3.48. The van der Waals surface area contributed by atoms with Crippen molar-refractivity contribution in [3.63, 3.8) is 0 Å². The van der Waals surface area contributed by atoms with Crippen molar-refractivity contribution in [3.8, 4) is 0 Å². The van der Waals surface area contributed by atoms with Crippen molar-refractivity contribution in [3.05, 3.63) is 11.9 Å². The van der Waals surface area contributed by atoms with E-state index in [1.807, 2.05) is 6.07 Å². The van der Waals surface area contributed by atoms with Crippen LogP contribution in [0.15, 0.2) is 6.07 Å². The van der Waals surface area contributed by atoms with Crippen LogP contribution in [0.1, 0.15) is 45.4 Å². The molecular formula is C13H22N4. The van der Waals surface area contributed by atoms with Gasteiger partial charge in [-0.05, 0) is 18.8 Å².